The van der Waals surface area contributed by atoms with Crippen LogP contribution in [0.4, 0.5) is 34.1 Å². The molecule has 0 aromatic heterocycles. The Bertz CT molecular complexity index is 4060. The quantitative estimate of drug-likeness (QED) is 0.0341. The minimum atomic E-state index is -0.0337. The molecule has 1 aliphatic carbocycles. The summed E-state index contributed by atoms with van der Waals surface area (Å²) in [5.41, 5.74) is 21.4. The van der Waals surface area contributed by atoms with Gasteiger partial charge in [0.15, 0.2) is 0 Å². The molecule has 0 saturated carbocycles. The SMILES string of the molecule is CCCCCCCCC1(CCCCCCCC)c2cc(-c3cccc(N(c4ccc(C(C)C)cc4)c4cc5c6ccccc6c(N(c6ccc(C(C)C)cc6)c6cccc(C(C)(CC)CC)c6)cc5c5ccccc45)c3)ccc2-c2ccc(C(C)(CC)CC)cc21. The third-order valence-corrected chi connectivity index (χ3v) is 22.3. The van der Waals surface area contributed by atoms with Gasteiger partial charge in [-0.25, -0.2) is 0 Å². The summed E-state index contributed by atoms with van der Waals surface area (Å²) in [4.78, 5) is 5.10. The maximum atomic E-state index is 2.71. The van der Waals surface area contributed by atoms with E-state index in [1.807, 2.05) is 0 Å². The zero-order chi connectivity index (χ0) is 63.9. The van der Waals surface area contributed by atoms with Crippen molar-refractivity contribution in [2.24, 2.45) is 0 Å². The van der Waals surface area contributed by atoms with Gasteiger partial charge < -0.3 is 9.80 Å². The largest absolute Gasteiger partial charge is 0.310 e. The highest BCUT2D eigenvalue weighted by molar-refractivity contribution is 6.24. The first-order chi connectivity index (χ1) is 44.2. The summed E-state index contributed by atoms with van der Waals surface area (Å²) in [6.45, 7) is 28.2. The summed E-state index contributed by atoms with van der Waals surface area (Å²) in [6, 6.07) is 76.5. The lowest BCUT2D eigenvalue weighted by Gasteiger charge is -2.35. The normalized spacial score (nSPS) is 13.0. The Morgan fingerprint density at radius 2 is 0.736 bits per heavy atom. The summed E-state index contributed by atoms with van der Waals surface area (Å²) in [5.74, 6) is 0.854. The second kappa shape index (κ2) is 28.6. The molecule has 1 aliphatic rings. The van der Waals surface area contributed by atoms with Gasteiger partial charge in [-0.3, -0.25) is 0 Å². The molecule has 11 rings (SSSR count). The van der Waals surface area contributed by atoms with Crippen LogP contribution in [0.5, 0.6) is 0 Å². The molecule has 10 aromatic rings. The number of hydrogen-bond acceptors (Lipinski definition) is 2. The van der Waals surface area contributed by atoms with E-state index >= 15 is 0 Å². The summed E-state index contributed by atoms with van der Waals surface area (Å²) in [6.07, 6.45) is 22.6. The average Bonchev–Trinajstić information content (AvgIpc) is 1.71. The molecular formula is C89H106N2. The minimum Gasteiger partial charge on any atom is -0.310 e. The third kappa shape index (κ3) is 13.1. The molecule has 0 atom stereocenters. The Kier molecular flexibility index (Phi) is 20.5. The van der Waals surface area contributed by atoms with Crippen LogP contribution >= 0.6 is 0 Å². The second-order valence-corrected chi connectivity index (χ2v) is 28.4. The first kappa shape index (κ1) is 65.1. The van der Waals surface area contributed by atoms with Gasteiger partial charge >= 0.3 is 0 Å². The van der Waals surface area contributed by atoms with Crippen molar-refractivity contribution in [2.75, 3.05) is 9.80 Å². The van der Waals surface area contributed by atoms with E-state index in [9.17, 15) is 0 Å². The summed E-state index contributed by atoms with van der Waals surface area (Å²) in [5, 5.41) is 7.41. The van der Waals surface area contributed by atoms with E-state index in [4.69, 9.17) is 0 Å². The van der Waals surface area contributed by atoms with Crippen LogP contribution in [-0.2, 0) is 16.2 Å². The first-order valence-corrected chi connectivity index (χ1v) is 35.9. The first-order valence-electron chi connectivity index (χ1n) is 35.9. The van der Waals surface area contributed by atoms with Crippen LogP contribution in [-0.4, -0.2) is 0 Å². The summed E-state index contributed by atoms with van der Waals surface area (Å²) < 4.78 is 0. The molecular weight excluding hydrogens is 1100 g/mol. The van der Waals surface area contributed by atoms with Crippen molar-refractivity contribution >= 4 is 66.4 Å². The second-order valence-electron chi connectivity index (χ2n) is 28.4. The van der Waals surface area contributed by atoms with E-state index < -0.39 is 0 Å². The van der Waals surface area contributed by atoms with Gasteiger partial charge in [0.25, 0.3) is 0 Å². The molecule has 0 radical (unpaired) electrons. The maximum Gasteiger partial charge on any atom is 0.0546 e. The number of benzene rings is 10. The van der Waals surface area contributed by atoms with E-state index in [-0.39, 0.29) is 16.2 Å². The summed E-state index contributed by atoms with van der Waals surface area (Å²) >= 11 is 0. The lowest BCUT2D eigenvalue weighted by Crippen LogP contribution is -2.27. The fourth-order valence-corrected chi connectivity index (χ4v) is 15.4. The Morgan fingerprint density at radius 3 is 1.21 bits per heavy atom. The van der Waals surface area contributed by atoms with Gasteiger partial charge in [-0.2, -0.15) is 0 Å². The van der Waals surface area contributed by atoms with Gasteiger partial charge in [-0.1, -0.05) is 288 Å². The van der Waals surface area contributed by atoms with E-state index in [2.05, 4.69) is 287 Å². The number of anilines is 6. The van der Waals surface area contributed by atoms with E-state index in [0.29, 0.717) is 11.8 Å². The van der Waals surface area contributed by atoms with Crippen molar-refractivity contribution < 1.29 is 0 Å². The highest BCUT2D eigenvalue weighted by Crippen LogP contribution is 2.57. The third-order valence-electron chi connectivity index (χ3n) is 22.3. The number of fused-ring (bicyclic) bond motifs is 8. The zero-order valence-electron chi connectivity index (χ0n) is 57.8. The molecule has 0 unspecified atom stereocenters. The predicted molar refractivity (Wildman–Crippen MR) is 400 cm³/mol. The molecule has 0 saturated heterocycles. The lowest BCUT2D eigenvalue weighted by atomic mass is 9.68. The van der Waals surface area contributed by atoms with Gasteiger partial charge in [0.05, 0.1) is 11.4 Å². The summed E-state index contributed by atoms with van der Waals surface area (Å²) in [7, 11) is 0. The fraction of sp³-hybridized carbons (Fsp3) is 0.393. The smallest absolute Gasteiger partial charge is 0.0546 e. The zero-order valence-corrected chi connectivity index (χ0v) is 57.8. The molecule has 472 valence electrons. The Morgan fingerprint density at radius 1 is 0.330 bits per heavy atom. The topological polar surface area (TPSA) is 6.48 Å². The Hall–Kier alpha value is -7.42. The molecule has 2 nitrogen and oxygen atoms in total. The highest BCUT2D eigenvalue weighted by atomic mass is 15.2. The molecule has 2 heteroatoms. The Labute approximate surface area is 549 Å². The van der Waals surface area contributed by atoms with Crippen LogP contribution in [0.3, 0.4) is 0 Å². The molecule has 0 fully saturated rings. The van der Waals surface area contributed by atoms with Crippen LogP contribution in [0.2, 0.25) is 0 Å². The number of rotatable bonds is 29. The van der Waals surface area contributed by atoms with Crippen LogP contribution in [0, 0.1) is 0 Å². The van der Waals surface area contributed by atoms with Crippen molar-refractivity contribution in [2.45, 2.75) is 227 Å². The van der Waals surface area contributed by atoms with E-state index in [0.717, 1.165) is 42.7 Å². The molecule has 91 heavy (non-hydrogen) atoms. The van der Waals surface area contributed by atoms with Crippen molar-refractivity contribution in [3.05, 3.63) is 228 Å². The maximum absolute atomic E-state index is 2.71. The van der Waals surface area contributed by atoms with Gasteiger partial charge in [-0.05, 0) is 205 Å². The molecule has 0 N–H and O–H groups in total. The van der Waals surface area contributed by atoms with Gasteiger partial charge in [0.2, 0.25) is 0 Å². The molecule has 0 heterocycles. The lowest BCUT2D eigenvalue weighted by molar-refractivity contribution is 0.395. The highest BCUT2D eigenvalue weighted by Gasteiger charge is 2.43. The number of unbranched alkanes of at least 4 members (excludes halogenated alkanes) is 10. The van der Waals surface area contributed by atoms with Crippen LogP contribution < -0.4 is 9.80 Å². The van der Waals surface area contributed by atoms with Gasteiger partial charge in [0, 0.05) is 38.9 Å². The van der Waals surface area contributed by atoms with Crippen molar-refractivity contribution in [3.63, 3.8) is 0 Å². The minimum absolute atomic E-state index is 0.0337. The molecule has 10 aromatic carbocycles. The molecule has 0 aliphatic heterocycles. The standard InChI is InChI=1S/C89H106N2/c1-13-19-21-23-25-31-55-89(56-32-26-24-22-20-14-2)83-58-68(47-53-77(83)78-54-48-70(60-84(78)89)88(12,17-5)18-6)67-35-33-37-73(57-67)90(71-49-43-65(44-50-71)63(7)8)85-61-81-76-40-28-30-42-80(76)86(62-82(81)75-39-27-29-41-79(75)85)91(72-51-45-66(46-52-72)64(9)10)74-38-34-36-69(59-74)87(11,15-3)16-4/h27-30,33-54,57-64H,13-26,31-32,55-56H2,1-12H3. The number of hydrogen-bond donors (Lipinski definition) is 0. The molecule has 0 bridgehead atoms. The van der Waals surface area contributed by atoms with Crippen LogP contribution in [0.15, 0.2) is 194 Å². The monoisotopic (exact) mass is 1200 g/mol. The molecule has 0 amide bonds. The molecule has 0 spiro atoms. The number of nitrogens with zero attached hydrogens (tertiary/aromatic N) is 2. The predicted octanol–water partition coefficient (Wildman–Crippen LogP) is 27.9. The van der Waals surface area contributed by atoms with Crippen molar-refractivity contribution in [1.82, 2.24) is 0 Å². The Balaban J connectivity index is 1.09. The van der Waals surface area contributed by atoms with Crippen LogP contribution in [0.1, 0.15) is 244 Å². The van der Waals surface area contributed by atoms with E-state index in [1.54, 1.807) is 11.1 Å². The van der Waals surface area contributed by atoms with E-state index in [1.165, 1.54) is 184 Å². The van der Waals surface area contributed by atoms with Crippen molar-refractivity contribution in [1.29, 1.82) is 0 Å². The fourth-order valence-electron chi connectivity index (χ4n) is 15.4. The van der Waals surface area contributed by atoms with Gasteiger partial charge in [0.1, 0.15) is 0 Å². The van der Waals surface area contributed by atoms with Crippen LogP contribution in [0.25, 0.3) is 54.6 Å². The van der Waals surface area contributed by atoms with Gasteiger partial charge in [-0.15, -0.1) is 0 Å². The average molecular weight is 1200 g/mol. The van der Waals surface area contributed by atoms with Crippen molar-refractivity contribution in [3.8, 4) is 22.3 Å².